The molecule has 2 amide bonds. The number of amides is 2. The van der Waals surface area contributed by atoms with Gasteiger partial charge in [-0.25, -0.2) is 4.98 Å². The van der Waals surface area contributed by atoms with Gasteiger partial charge in [0.1, 0.15) is 6.04 Å². The van der Waals surface area contributed by atoms with E-state index in [1.165, 1.54) is 0 Å². The highest BCUT2D eigenvalue weighted by molar-refractivity contribution is 5.90. The van der Waals surface area contributed by atoms with E-state index >= 15 is 0 Å². The SMILES string of the molecule is COc1cc(CN2CCC(=O)NC(C3CC3)C2=O)ccn1. The van der Waals surface area contributed by atoms with Gasteiger partial charge in [-0.3, -0.25) is 9.59 Å². The number of nitrogens with one attached hydrogen (secondary N) is 1. The van der Waals surface area contributed by atoms with Crippen molar-refractivity contribution in [3.8, 4) is 5.88 Å². The normalized spacial score (nSPS) is 22.7. The van der Waals surface area contributed by atoms with Crippen LogP contribution in [0.5, 0.6) is 5.88 Å². The molecule has 1 unspecified atom stereocenters. The van der Waals surface area contributed by atoms with Crippen molar-refractivity contribution in [2.24, 2.45) is 5.92 Å². The van der Waals surface area contributed by atoms with E-state index < -0.39 is 0 Å². The van der Waals surface area contributed by atoms with Gasteiger partial charge >= 0.3 is 0 Å². The summed E-state index contributed by atoms with van der Waals surface area (Å²) in [5, 5.41) is 2.86. The van der Waals surface area contributed by atoms with Crippen molar-refractivity contribution in [1.29, 1.82) is 0 Å². The van der Waals surface area contributed by atoms with Gasteiger partial charge in [-0.1, -0.05) is 0 Å². The predicted molar refractivity (Wildman–Crippen MR) is 75.5 cm³/mol. The fraction of sp³-hybridized carbons (Fsp3) is 0.533. The van der Waals surface area contributed by atoms with Crippen molar-refractivity contribution in [3.63, 3.8) is 0 Å². The van der Waals surface area contributed by atoms with Crippen LogP contribution in [0.4, 0.5) is 0 Å². The van der Waals surface area contributed by atoms with Crippen LogP contribution in [0, 0.1) is 5.92 Å². The van der Waals surface area contributed by atoms with E-state index in [4.69, 9.17) is 4.74 Å². The van der Waals surface area contributed by atoms with E-state index in [1.807, 2.05) is 12.1 Å². The zero-order valence-corrected chi connectivity index (χ0v) is 12.0. The lowest BCUT2D eigenvalue weighted by Gasteiger charge is -2.24. The fourth-order valence-corrected chi connectivity index (χ4v) is 2.64. The second-order valence-corrected chi connectivity index (χ2v) is 5.60. The van der Waals surface area contributed by atoms with Gasteiger partial charge in [-0.2, -0.15) is 0 Å². The number of aromatic nitrogens is 1. The number of pyridine rings is 1. The molecule has 1 aliphatic heterocycles. The Kier molecular flexibility index (Phi) is 3.77. The number of hydrogen-bond acceptors (Lipinski definition) is 4. The van der Waals surface area contributed by atoms with E-state index in [1.54, 1.807) is 18.2 Å². The minimum atomic E-state index is -0.344. The molecule has 1 aromatic rings. The van der Waals surface area contributed by atoms with Gasteiger partial charge in [0.05, 0.1) is 7.11 Å². The summed E-state index contributed by atoms with van der Waals surface area (Å²) >= 11 is 0. The molecule has 1 atom stereocenters. The highest BCUT2D eigenvalue weighted by Gasteiger charge is 2.40. The topological polar surface area (TPSA) is 71.5 Å². The Bertz CT molecular complexity index is 557. The molecule has 21 heavy (non-hydrogen) atoms. The van der Waals surface area contributed by atoms with Gasteiger partial charge in [0.15, 0.2) is 0 Å². The lowest BCUT2D eigenvalue weighted by atomic mass is 10.1. The van der Waals surface area contributed by atoms with Gasteiger partial charge in [0, 0.05) is 31.8 Å². The van der Waals surface area contributed by atoms with Gasteiger partial charge < -0.3 is 15.0 Å². The lowest BCUT2D eigenvalue weighted by Crippen LogP contribution is -2.45. The molecule has 1 saturated heterocycles. The highest BCUT2D eigenvalue weighted by atomic mass is 16.5. The summed E-state index contributed by atoms with van der Waals surface area (Å²) in [6, 6.07) is 3.34. The minimum Gasteiger partial charge on any atom is -0.481 e. The molecule has 2 aliphatic rings. The molecule has 1 aromatic heterocycles. The molecule has 2 heterocycles. The second kappa shape index (κ2) is 5.71. The zero-order valence-electron chi connectivity index (χ0n) is 12.0. The largest absolute Gasteiger partial charge is 0.481 e. The third kappa shape index (κ3) is 3.15. The summed E-state index contributed by atoms with van der Waals surface area (Å²) in [6.45, 7) is 0.939. The Labute approximate surface area is 123 Å². The molecule has 0 radical (unpaired) electrons. The average molecular weight is 289 g/mol. The molecule has 0 spiro atoms. The van der Waals surface area contributed by atoms with E-state index in [2.05, 4.69) is 10.3 Å². The number of carbonyl (C=O) groups is 2. The van der Waals surface area contributed by atoms with E-state index in [0.717, 1.165) is 18.4 Å². The van der Waals surface area contributed by atoms with Crippen LogP contribution < -0.4 is 10.1 Å². The summed E-state index contributed by atoms with van der Waals surface area (Å²) < 4.78 is 5.10. The summed E-state index contributed by atoms with van der Waals surface area (Å²) in [4.78, 5) is 30.2. The monoisotopic (exact) mass is 289 g/mol. The Morgan fingerprint density at radius 2 is 2.24 bits per heavy atom. The van der Waals surface area contributed by atoms with Crippen LogP contribution in [-0.4, -0.2) is 41.4 Å². The number of methoxy groups -OCH3 is 1. The maximum absolute atomic E-state index is 12.6. The first-order chi connectivity index (χ1) is 10.2. The van der Waals surface area contributed by atoms with Crippen LogP contribution in [0.15, 0.2) is 18.3 Å². The number of ether oxygens (including phenoxy) is 1. The van der Waals surface area contributed by atoms with Crippen LogP contribution in [0.1, 0.15) is 24.8 Å². The molecule has 6 nitrogen and oxygen atoms in total. The Morgan fingerprint density at radius 3 is 2.95 bits per heavy atom. The van der Waals surface area contributed by atoms with Crippen molar-refractivity contribution in [3.05, 3.63) is 23.9 Å². The number of rotatable bonds is 4. The average Bonchev–Trinajstić information content (AvgIpc) is 3.33. The predicted octanol–water partition coefficient (Wildman–Crippen LogP) is 0.717. The Morgan fingerprint density at radius 1 is 1.43 bits per heavy atom. The van der Waals surface area contributed by atoms with Crippen LogP contribution in [0.3, 0.4) is 0 Å². The van der Waals surface area contributed by atoms with Crippen LogP contribution in [-0.2, 0) is 16.1 Å². The van der Waals surface area contributed by atoms with Crippen LogP contribution >= 0.6 is 0 Å². The molecule has 3 rings (SSSR count). The first-order valence-corrected chi connectivity index (χ1v) is 7.24. The molecule has 1 aliphatic carbocycles. The molecule has 1 saturated carbocycles. The summed E-state index contributed by atoms with van der Waals surface area (Å²) in [5.41, 5.74) is 0.957. The second-order valence-electron chi connectivity index (χ2n) is 5.60. The summed E-state index contributed by atoms with van der Waals surface area (Å²) in [6.07, 6.45) is 4.07. The molecule has 112 valence electrons. The van der Waals surface area contributed by atoms with Crippen molar-refractivity contribution in [1.82, 2.24) is 15.2 Å². The van der Waals surface area contributed by atoms with E-state index in [-0.39, 0.29) is 17.9 Å². The lowest BCUT2D eigenvalue weighted by molar-refractivity contribution is -0.134. The Hall–Kier alpha value is -2.11. The quantitative estimate of drug-likeness (QED) is 0.886. The summed E-state index contributed by atoms with van der Waals surface area (Å²) in [7, 11) is 1.56. The zero-order chi connectivity index (χ0) is 14.8. The number of carbonyl (C=O) groups excluding carboxylic acids is 2. The molecule has 2 fully saturated rings. The van der Waals surface area contributed by atoms with Gasteiger partial charge in [0.25, 0.3) is 0 Å². The first kappa shape index (κ1) is 13.9. The molecular formula is C15H19N3O3. The van der Waals surface area contributed by atoms with Crippen LogP contribution in [0.2, 0.25) is 0 Å². The Balaban J connectivity index is 1.75. The van der Waals surface area contributed by atoms with Crippen molar-refractivity contribution in [2.45, 2.75) is 31.8 Å². The summed E-state index contributed by atoms with van der Waals surface area (Å²) in [5.74, 6) is 0.839. The maximum Gasteiger partial charge on any atom is 0.245 e. The third-order valence-corrected chi connectivity index (χ3v) is 3.98. The third-order valence-electron chi connectivity index (χ3n) is 3.98. The van der Waals surface area contributed by atoms with Gasteiger partial charge in [0.2, 0.25) is 17.7 Å². The number of hydrogen-bond donors (Lipinski definition) is 1. The van der Waals surface area contributed by atoms with Gasteiger partial charge in [-0.15, -0.1) is 0 Å². The van der Waals surface area contributed by atoms with Crippen LogP contribution in [0.25, 0.3) is 0 Å². The standard InChI is InChI=1S/C15H19N3O3/c1-21-13-8-10(4-6-16-13)9-18-7-5-12(19)17-14(15(18)20)11-2-3-11/h4,6,8,11,14H,2-3,5,7,9H2,1H3,(H,17,19). The maximum atomic E-state index is 12.6. The van der Waals surface area contributed by atoms with E-state index in [9.17, 15) is 9.59 Å². The molecular weight excluding hydrogens is 270 g/mol. The molecule has 0 aromatic carbocycles. The van der Waals surface area contributed by atoms with E-state index in [0.29, 0.717) is 31.3 Å². The van der Waals surface area contributed by atoms with Crippen molar-refractivity contribution >= 4 is 11.8 Å². The van der Waals surface area contributed by atoms with Gasteiger partial charge in [-0.05, 0) is 30.4 Å². The van der Waals surface area contributed by atoms with Crippen molar-refractivity contribution in [2.75, 3.05) is 13.7 Å². The molecule has 0 bridgehead atoms. The smallest absolute Gasteiger partial charge is 0.245 e. The minimum absolute atomic E-state index is 0.0270. The first-order valence-electron chi connectivity index (χ1n) is 7.24. The fourth-order valence-electron chi connectivity index (χ4n) is 2.64. The highest BCUT2D eigenvalue weighted by Crippen LogP contribution is 2.34. The molecule has 6 heteroatoms. The molecule has 1 N–H and O–H groups in total. The van der Waals surface area contributed by atoms with Crippen molar-refractivity contribution < 1.29 is 14.3 Å². The number of nitrogens with zero attached hydrogens (tertiary/aromatic N) is 2.